The van der Waals surface area contributed by atoms with E-state index in [0.717, 1.165) is 0 Å². The Morgan fingerprint density at radius 3 is 2.38 bits per heavy atom. The van der Waals surface area contributed by atoms with Gasteiger partial charge in [0.2, 0.25) is 0 Å². The largest absolute Gasteiger partial charge is 0.0659 e. The molecule has 1 aliphatic carbocycles. The molecule has 0 spiro atoms. The van der Waals surface area contributed by atoms with Crippen molar-refractivity contribution in [2.45, 2.75) is 46.5 Å². The first-order chi connectivity index (χ1) is 7.62. The maximum atomic E-state index is 2.39. The highest BCUT2D eigenvalue weighted by molar-refractivity contribution is 5.71. The van der Waals surface area contributed by atoms with Crippen molar-refractivity contribution in [1.82, 2.24) is 0 Å². The van der Waals surface area contributed by atoms with Gasteiger partial charge in [-0.1, -0.05) is 63.1 Å². The second kappa shape index (κ2) is 4.45. The van der Waals surface area contributed by atoms with Crippen LogP contribution in [0.4, 0.5) is 0 Å². The molecule has 0 N–H and O–H groups in total. The van der Waals surface area contributed by atoms with Crippen molar-refractivity contribution in [2.75, 3.05) is 0 Å². The molecule has 16 heavy (non-hydrogen) atoms. The first-order valence-electron chi connectivity index (χ1n) is 6.39. The molecule has 0 bridgehead atoms. The molecule has 1 aromatic carbocycles. The number of rotatable bonds is 3. The van der Waals surface area contributed by atoms with Crippen molar-refractivity contribution < 1.29 is 0 Å². The summed E-state index contributed by atoms with van der Waals surface area (Å²) in [5.74, 6) is 0. The molecular weight excluding hydrogens is 192 g/mol. The molecule has 0 heteroatoms. The fourth-order valence-electron chi connectivity index (χ4n) is 2.84. The van der Waals surface area contributed by atoms with Gasteiger partial charge in [0.25, 0.3) is 0 Å². The molecule has 0 saturated carbocycles. The summed E-state index contributed by atoms with van der Waals surface area (Å²) in [5, 5.41) is 0. The van der Waals surface area contributed by atoms with E-state index in [1.54, 1.807) is 11.1 Å². The number of hydrogen-bond acceptors (Lipinski definition) is 0. The van der Waals surface area contributed by atoms with Gasteiger partial charge in [-0.3, -0.25) is 0 Å². The lowest BCUT2D eigenvalue weighted by molar-refractivity contribution is 0.393. The summed E-state index contributed by atoms with van der Waals surface area (Å²) < 4.78 is 0. The van der Waals surface area contributed by atoms with Crippen LogP contribution in [0.1, 0.15) is 52.0 Å². The lowest BCUT2D eigenvalue weighted by Gasteiger charge is -2.17. The topological polar surface area (TPSA) is 0 Å². The summed E-state index contributed by atoms with van der Waals surface area (Å²) in [6.07, 6.45) is 5.06. The average Bonchev–Trinajstić information content (AvgIpc) is 2.56. The van der Waals surface area contributed by atoms with Crippen LogP contribution < -0.4 is 0 Å². The van der Waals surface area contributed by atoms with Crippen LogP contribution in [0.2, 0.25) is 0 Å². The molecule has 0 unspecified atom stereocenters. The predicted molar refractivity (Wildman–Crippen MR) is 71.3 cm³/mol. The normalized spacial score (nSPS) is 19.2. The van der Waals surface area contributed by atoms with Crippen LogP contribution in [0, 0.1) is 5.41 Å². The summed E-state index contributed by atoms with van der Waals surface area (Å²) in [7, 11) is 0. The molecule has 0 saturated heterocycles. The second-order valence-electron chi connectivity index (χ2n) is 5.72. The van der Waals surface area contributed by atoms with Gasteiger partial charge in [0.15, 0.2) is 0 Å². The number of hydrogen-bond donors (Lipinski definition) is 0. The molecule has 2 rings (SSSR count). The van der Waals surface area contributed by atoms with E-state index >= 15 is 0 Å². The minimum Gasteiger partial charge on any atom is -0.0659 e. The smallest absolute Gasteiger partial charge is 0.0219 e. The molecule has 0 radical (unpaired) electrons. The van der Waals surface area contributed by atoms with Crippen LogP contribution >= 0.6 is 0 Å². The Kier molecular flexibility index (Phi) is 3.18. The summed E-state index contributed by atoms with van der Waals surface area (Å²) in [4.78, 5) is 0. The van der Waals surface area contributed by atoms with E-state index in [4.69, 9.17) is 0 Å². The zero-order valence-corrected chi connectivity index (χ0v) is 10.7. The van der Waals surface area contributed by atoms with Crippen LogP contribution in [-0.2, 0) is 0 Å². The van der Waals surface area contributed by atoms with Gasteiger partial charge >= 0.3 is 0 Å². The van der Waals surface area contributed by atoms with Gasteiger partial charge in [-0.05, 0) is 35.8 Å². The van der Waals surface area contributed by atoms with Gasteiger partial charge in [0.05, 0.1) is 0 Å². The summed E-state index contributed by atoms with van der Waals surface area (Å²) in [6, 6.07) is 10.9. The van der Waals surface area contributed by atoms with Gasteiger partial charge < -0.3 is 0 Å². The molecule has 86 valence electrons. The first kappa shape index (κ1) is 11.4. The minimum absolute atomic E-state index is 0.468. The third-order valence-corrected chi connectivity index (χ3v) is 3.45. The summed E-state index contributed by atoms with van der Waals surface area (Å²) >= 11 is 0. The van der Waals surface area contributed by atoms with Crippen molar-refractivity contribution in [3.63, 3.8) is 0 Å². The third kappa shape index (κ3) is 2.37. The van der Waals surface area contributed by atoms with Crippen LogP contribution in [0.25, 0.3) is 5.57 Å². The molecule has 0 nitrogen and oxygen atoms in total. The van der Waals surface area contributed by atoms with Crippen LogP contribution in [0.3, 0.4) is 0 Å². The van der Waals surface area contributed by atoms with Gasteiger partial charge in [-0.25, -0.2) is 0 Å². The Balaban J connectivity index is 2.33. The van der Waals surface area contributed by atoms with Gasteiger partial charge in [-0.2, -0.15) is 0 Å². The number of allylic oxidation sites excluding steroid dienone is 2. The Morgan fingerprint density at radius 1 is 1.06 bits per heavy atom. The highest BCUT2D eigenvalue weighted by Crippen LogP contribution is 2.46. The van der Waals surface area contributed by atoms with Crippen LogP contribution in [-0.4, -0.2) is 0 Å². The third-order valence-electron chi connectivity index (χ3n) is 3.45. The van der Waals surface area contributed by atoms with E-state index in [1.165, 1.54) is 31.2 Å². The molecule has 1 aliphatic rings. The van der Waals surface area contributed by atoms with E-state index in [-0.39, 0.29) is 0 Å². The van der Waals surface area contributed by atoms with Crippen molar-refractivity contribution in [3.05, 3.63) is 41.5 Å². The van der Waals surface area contributed by atoms with Crippen molar-refractivity contribution in [3.8, 4) is 0 Å². The standard InChI is InChI=1S/C16H22/c1-4-8-14-11-16(2,3)12-15(14)13-9-6-5-7-10-13/h5-7,9-10H,4,8,11-12H2,1-3H3. The molecule has 0 amide bonds. The van der Waals surface area contributed by atoms with E-state index in [1.807, 2.05) is 0 Å². The van der Waals surface area contributed by atoms with Gasteiger partial charge in [-0.15, -0.1) is 0 Å². The maximum absolute atomic E-state index is 2.39. The Bertz CT molecular complexity index is 382. The maximum Gasteiger partial charge on any atom is -0.0219 e. The fraction of sp³-hybridized carbons (Fsp3) is 0.500. The molecule has 0 atom stereocenters. The molecular formula is C16H22. The van der Waals surface area contributed by atoms with E-state index in [0.29, 0.717) is 5.41 Å². The zero-order chi connectivity index (χ0) is 11.6. The van der Waals surface area contributed by atoms with Crippen LogP contribution in [0.15, 0.2) is 35.9 Å². The lowest BCUT2D eigenvalue weighted by atomic mass is 9.88. The van der Waals surface area contributed by atoms with Crippen molar-refractivity contribution >= 4 is 5.57 Å². The lowest BCUT2D eigenvalue weighted by Crippen LogP contribution is -2.05. The predicted octanol–water partition coefficient (Wildman–Crippen LogP) is 5.06. The van der Waals surface area contributed by atoms with Gasteiger partial charge in [0, 0.05) is 0 Å². The first-order valence-corrected chi connectivity index (χ1v) is 6.39. The van der Waals surface area contributed by atoms with Crippen molar-refractivity contribution in [1.29, 1.82) is 0 Å². The highest BCUT2D eigenvalue weighted by Gasteiger charge is 2.30. The molecule has 0 fully saturated rings. The van der Waals surface area contributed by atoms with E-state index < -0.39 is 0 Å². The SMILES string of the molecule is CCCC1=C(c2ccccc2)CC(C)(C)C1. The summed E-state index contributed by atoms with van der Waals surface area (Å²) in [6.45, 7) is 7.05. The van der Waals surface area contributed by atoms with Gasteiger partial charge in [0.1, 0.15) is 0 Å². The second-order valence-corrected chi connectivity index (χ2v) is 5.72. The molecule has 0 aromatic heterocycles. The zero-order valence-electron chi connectivity index (χ0n) is 10.7. The van der Waals surface area contributed by atoms with Crippen LogP contribution in [0.5, 0.6) is 0 Å². The Labute approximate surface area is 99.4 Å². The minimum atomic E-state index is 0.468. The average molecular weight is 214 g/mol. The Hall–Kier alpha value is -1.04. The fourth-order valence-corrected chi connectivity index (χ4v) is 2.84. The monoisotopic (exact) mass is 214 g/mol. The Morgan fingerprint density at radius 2 is 1.75 bits per heavy atom. The van der Waals surface area contributed by atoms with Crippen molar-refractivity contribution in [2.24, 2.45) is 5.41 Å². The molecule has 0 aliphatic heterocycles. The van der Waals surface area contributed by atoms with E-state index in [9.17, 15) is 0 Å². The number of benzene rings is 1. The van der Waals surface area contributed by atoms with E-state index in [2.05, 4.69) is 51.1 Å². The molecule has 0 heterocycles. The highest BCUT2D eigenvalue weighted by atomic mass is 14.3. The molecule has 1 aromatic rings. The quantitative estimate of drug-likeness (QED) is 0.659. The summed E-state index contributed by atoms with van der Waals surface area (Å²) in [5.41, 5.74) is 5.22.